The Morgan fingerprint density at radius 2 is 2.33 bits per heavy atom. The minimum Gasteiger partial charge on any atom is -0.290 e. The van der Waals surface area contributed by atoms with Gasteiger partial charge in [-0.05, 0) is 10.8 Å². The number of nitrogens with zero attached hydrogens (tertiary/aromatic N) is 1. The fraction of sp³-hybridized carbons (Fsp3) is 0.571. The van der Waals surface area contributed by atoms with E-state index in [0.717, 1.165) is 5.71 Å². The number of hydroxylamine groups is 1. The molecule has 50 valence electrons. The molecule has 0 saturated carbocycles. The van der Waals surface area contributed by atoms with Gasteiger partial charge in [0.05, 0.1) is 0 Å². The fourth-order valence-corrected chi connectivity index (χ4v) is 0.955. The van der Waals surface area contributed by atoms with Crippen LogP contribution in [0.25, 0.3) is 0 Å². The smallest absolute Gasteiger partial charge is 0.230 e. The summed E-state index contributed by atoms with van der Waals surface area (Å²) in [6, 6.07) is 0. The van der Waals surface area contributed by atoms with Crippen LogP contribution in [0.5, 0.6) is 0 Å². The van der Waals surface area contributed by atoms with Crippen LogP contribution in [0, 0.1) is 5.92 Å². The van der Waals surface area contributed by atoms with Gasteiger partial charge in [0.2, 0.25) is 12.3 Å². The lowest BCUT2D eigenvalue weighted by atomic mass is 10.1. The van der Waals surface area contributed by atoms with Crippen molar-refractivity contribution in [3.8, 4) is 0 Å². The third kappa shape index (κ3) is 1.12. The molecule has 0 amide bonds. The predicted octanol–water partition coefficient (Wildman–Crippen LogP) is 1.05. The molecule has 0 aromatic carbocycles. The zero-order valence-corrected chi connectivity index (χ0v) is 5.83. The van der Waals surface area contributed by atoms with Crippen LogP contribution >= 0.6 is 0 Å². The van der Waals surface area contributed by atoms with Crippen molar-refractivity contribution in [2.75, 3.05) is 6.54 Å². The van der Waals surface area contributed by atoms with Gasteiger partial charge in [-0.2, -0.15) is 0 Å². The lowest BCUT2D eigenvalue weighted by Crippen LogP contribution is -2.16. The first-order valence-corrected chi connectivity index (χ1v) is 3.21. The Hall–Kier alpha value is -0.790. The molecule has 0 unspecified atom stereocenters. The normalized spacial score (nSPS) is 18.1. The first kappa shape index (κ1) is 6.33. The van der Waals surface area contributed by atoms with Crippen molar-refractivity contribution in [1.82, 2.24) is 0 Å². The molecule has 2 nitrogen and oxygen atoms in total. The second kappa shape index (κ2) is 2.21. The molecule has 0 fully saturated rings. The highest BCUT2D eigenvalue weighted by atomic mass is 16.5. The summed E-state index contributed by atoms with van der Waals surface area (Å²) >= 11 is 0. The van der Waals surface area contributed by atoms with Crippen LogP contribution < -0.4 is 0 Å². The van der Waals surface area contributed by atoms with Crippen molar-refractivity contribution >= 4 is 5.71 Å². The maximum absolute atomic E-state index is 9.09. The van der Waals surface area contributed by atoms with Crippen molar-refractivity contribution in [3.63, 3.8) is 0 Å². The SMILES string of the molecule is CC(C)C1=[N+](O)CC=C1. The van der Waals surface area contributed by atoms with Gasteiger partial charge in [-0.1, -0.05) is 13.8 Å². The highest BCUT2D eigenvalue weighted by molar-refractivity contribution is 5.93. The van der Waals surface area contributed by atoms with Gasteiger partial charge >= 0.3 is 0 Å². The summed E-state index contributed by atoms with van der Waals surface area (Å²) in [7, 11) is 0. The van der Waals surface area contributed by atoms with Crippen molar-refractivity contribution < 1.29 is 9.95 Å². The molecular formula is C7H12NO+. The number of hydrogen-bond donors (Lipinski definition) is 1. The Morgan fingerprint density at radius 3 is 2.56 bits per heavy atom. The maximum atomic E-state index is 9.09. The van der Waals surface area contributed by atoms with E-state index in [1.54, 1.807) is 0 Å². The number of hydrogen-bond acceptors (Lipinski definition) is 1. The van der Waals surface area contributed by atoms with Crippen LogP contribution in [-0.2, 0) is 0 Å². The fourth-order valence-electron chi connectivity index (χ4n) is 0.955. The van der Waals surface area contributed by atoms with E-state index < -0.39 is 0 Å². The van der Waals surface area contributed by atoms with Crippen molar-refractivity contribution in [2.24, 2.45) is 5.92 Å². The second-order valence-corrected chi connectivity index (χ2v) is 2.56. The van der Waals surface area contributed by atoms with Crippen LogP contribution in [0.15, 0.2) is 12.2 Å². The molecule has 1 heterocycles. The Morgan fingerprint density at radius 1 is 1.67 bits per heavy atom. The Kier molecular flexibility index (Phi) is 1.56. The molecule has 1 aliphatic heterocycles. The maximum Gasteiger partial charge on any atom is 0.230 e. The second-order valence-electron chi connectivity index (χ2n) is 2.56. The van der Waals surface area contributed by atoms with Crippen molar-refractivity contribution in [3.05, 3.63) is 12.2 Å². The largest absolute Gasteiger partial charge is 0.290 e. The van der Waals surface area contributed by atoms with Gasteiger partial charge in [0, 0.05) is 12.0 Å². The van der Waals surface area contributed by atoms with Gasteiger partial charge < -0.3 is 0 Å². The molecule has 1 aliphatic rings. The van der Waals surface area contributed by atoms with Gasteiger partial charge in [-0.15, -0.1) is 0 Å². The quantitative estimate of drug-likeness (QED) is 0.412. The van der Waals surface area contributed by atoms with Gasteiger partial charge in [-0.3, -0.25) is 5.21 Å². The minimum absolute atomic E-state index is 0.425. The molecular weight excluding hydrogens is 114 g/mol. The topological polar surface area (TPSA) is 23.2 Å². The highest BCUT2D eigenvalue weighted by Gasteiger charge is 2.18. The summed E-state index contributed by atoms with van der Waals surface area (Å²) < 4.78 is 1.28. The average molecular weight is 126 g/mol. The van der Waals surface area contributed by atoms with Crippen LogP contribution in [0.4, 0.5) is 0 Å². The summed E-state index contributed by atoms with van der Waals surface area (Å²) in [5.41, 5.74) is 1.01. The zero-order valence-electron chi connectivity index (χ0n) is 5.83. The van der Waals surface area contributed by atoms with E-state index in [-0.39, 0.29) is 0 Å². The Labute approximate surface area is 55.1 Å². The monoisotopic (exact) mass is 126 g/mol. The summed E-state index contributed by atoms with van der Waals surface area (Å²) in [5.74, 6) is 0.425. The van der Waals surface area contributed by atoms with Gasteiger partial charge in [0.1, 0.15) is 0 Å². The van der Waals surface area contributed by atoms with Gasteiger partial charge in [-0.25, -0.2) is 0 Å². The van der Waals surface area contributed by atoms with E-state index in [0.29, 0.717) is 12.5 Å². The van der Waals surface area contributed by atoms with Crippen LogP contribution in [-0.4, -0.2) is 22.2 Å². The van der Waals surface area contributed by atoms with Crippen LogP contribution in [0.3, 0.4) is 0 Å². The molecule has 0 saturated heterocycles. The first-order valence-electron chi connectivity index (χ1n) is 3.21. The molecule has 0 spiro atoms. The highest BCUT2D eigenvalue weighted by Crippen LogP contribution is 2.02. The summed E-state index contributed by atoms with van der Waals surface area (Å²) in [4.78, 5) is 0. The third-order valence-corrected chi connectivity index (χ3v) is 1.46. The minimum atomic E-state index is 0.425. The molecule has 0 aliphatic carbocycles. The van der Waals surface area contributed by atoms with E-state index in [2.05, 4.69) is 13.8 Å². The average Bonchev–Trinajstić information content (AvgIpc) is 2.13. The number of rotatable bonds is 1. The van der Waals surface area contributed by atoms with E-state index >= 15 is 0 Å². The van der Waals surface area contributed by atoms with Gasteiger partial charge in [0.15, 0.2) is 0 Å². The zero-order chi connectivity index (χ0) is 6.85. The summed E-state index contributed by atoms with van der Waals surface area (Å²) in [6.07, 6.45) is 3.92. The molecule has 0 atom stereocenters. The first-order chi connectivity index (χ1) is 4.22. The molecule has 0 aromatic heterocycles. The van der Waals surface area contributed by atoms with Crippen LogP contribution in [0.2, 0.25) is 0 Å². The van der Waals surface area contributed by atoms with Crippen molar-refractivity contribution in [1.29, 1.82) is 0 Å². The molecule has 0 bridgehead atoms. The van der Waals surface area contributed by atoms with E-state index in [1.807, 2.05) is 12.2 Å². The Balaban J connectivity index is 2.77. The van der Waals surface area contributed by atoms with E-state index in [9.17, 15) is 0 Å². The third-order valence-electron chi connectivity index (χ3n) is 1.46. The lowest BCUT2D eigenvalue weighted by Gasteiger charge is -1.94. The molecule has 1 rings (SSSR count). The van der Waals surface area contributed by atoms with E-state index in [4.69, 9.17) is 5.21 Å². The van der Waals surface area contributed by atoms with Crippen molar-refractivity contribution in [2.45, 2.75) is 13.8 Å². The lowest BCUT2D eigenvalue weighted by molar-refractivity contribution is -0.767. The molecule has 9 heavy (non-hydrogen) atoms. The number of allylic oxidation sites excluding steroid dienone is 1. The van der Waals surface area contributed by atoms with Crippen LogP contribution in [0.1, 0.15) is 13.8 Å². The summed E-state index contributed by atoms with van der Waals surface area (Å²) in [5, 5.41) is 9.09. The standard InChI is InChI=1S/C7H12NO/c1-6(2)7-4-3-5-8(7)9/h3-4,6,9H,5H2,1-2H3/q+1. The molecule has 0 radical (unpaired) electrons. The molecule has 1 N–H and O–H groups in total. The van der Waals surface area contributed by atoms with E-state index in [1.165, 1.54) is 4.74 Å². The molecule has 2 heteroatoms. The summed E-state index contributed by atoms with van der Waals surface area (Å²) in [6.45, 7) is 4.77. The Bertz CT molecular complexity index is 168. The van der Waals surface area contributed by atoms with Gasteiger partial charge in [0.25, 0.3) is 0 Å². The predicted molar refractivity (Wildman–Crippen MR) is 35.9 cm³/mol. The molecule has 0 aromatic rings.